The molecule has 0 radical (unpaired) electrons. The molecule has 2 atom stereocenters. The number of nitrogens with one attached hydrogen (secondary N) is 1. The third-order valence-corrected chi connectivity index (χ3v) is 7.32. The molecule has 1 aliphatic heterocycles. The third kappa shape index (κ3) is 4.62. The van der Waals surface area contributed by atoms with Crippen LogP contribution in [-0.4, -0.2) is 32.6 Å². The standard InChI is InChI=1S/C27H31NO5S/c1-15(2)14-33-27(30)24-16(3)28-20-11-17(23-7-6-10-34-23)12-21(29)26(20)25(24)19-13-18(31-4)8-9-22(19)32-5/h6-10,13,15,17,25,28H,11-12,14H2,1-5H3/t17-,25-/m1/s1. The average Bonchev–Trinajstić information content (AvgIpc) is 3.36. The topological polar surface area (TPSA) is 73.9 Å². The minimum absolute atomic E-state index is 0.0312. The van der Waals surface area contributed by atoms with E-state index in [-0.39, 0.29) is 17.6 Å². The number of carbonyl (C=O) groups excluding carboxylic acids is 2. The largest absolute Gasteiger partial charge is 0.497 e. The lowest BCUT2D eigenvalue weighted by Crippen LogP contribution is -2.36. The van der Waals surface area contributed by atoms with Gasteiger partial charge in [-0.15, -0.1) is 11.3 Å². The van der Waals surface area contributed by atoms with Gasteiger partial charge >= 0.3 is 5.97 Å². The van der Waals surface area contributed by atoms with Gasteiger partial charge in [0.1, 0.15) is 11.5 Å². The zero-order chi connectivity index (χ0) is 24.4. The average molecular weight is 482 g/mol. The molecule has 1 aromatic carbocycles. The van der Waals surface area contributed by atoms with Gasteiger partial charge in [-0.05, 0) is 48.9 Å². The van der Waals surface area contributed by atoms with Crippen LogP contribution < -0.4 is 14.8 Å². The summed E-state index contributed by atoms with van der Waals surface area (Å²) in [6.07, 6.45) is 1.10. The molecule has 180 valence electrons. The minimum atomic E-state index is -0.599. The summed E-state index contributed by atoms with van der Waals surface area (Å²) < 4.78 is 16.8. The molecule has 0 saturated heterocycles. The van der Waals surface area contributed by atoms with Crippen LogP contribution in [0.3, 0.4) is 0 Å². The van der Waals surface area contributed by atoms with Crippen molar-refractivity contribution >= 4 is 23.1 Å². The Kier molecular flexibility index (Phi) is 7.12. The summed E-state index contributed by atoms with van der Waals surface area (Å²) in [7, 11) is 3.18. The second kappa shape index (κ2) is 10.1. The van der Waals surface area contributed by atoms with Gasteiger partial charge in [0.25, 0.3) is 0 Å². The number of ether oxygens (including phenoxy) is 3. The maximum atomic E-state index is 13.7. The molecular formula is C27H31NO5S. The Balaban J connectivity index is 1.85. The minimum Gasteiger partial charge on any atom is -0.497 e. The van der Waals surface area contributed by atoms with E-state index in [2.05, 4.69) is 11.4 Å². The lowest BCUT2D eigenvalue weighted by atomic mass is 9.72. The Morgan fingerprint density at radius 1 is 1.18 bits per heavy atom. The first-order valence-corrected chi connectivity index (χ1v) is 12.4. The summed E-state index contributed by atoms with van der Waals surface area (Å²) in [5.41, 5.74) is 3.33. The molecule has 0 fully saturated rings. The maximum absolute atomic E-state index is 13.7. The molecule has 34 heavy (non-hydrogen) atoms. The highest BCUT2D eigenvalue weighted by Crippen LogP contribution is 2.48. The second-order valence-electron chi connectivity index (χ2n) is 9.13. The van der Waals surface area contributed by atoms with Crippen LogP contribution in [0.5, 0.6) is 11.5 Å². The van der Waals surface area contributed by atoms with Crippen molar-refractivity contribution in [1.82, 2.24) is 5.32 Å². The van der Waals surface area contributed by atoms with Crippen LogP contribution in [-0.2, 0) is 14.3 Å². The van der Waals surface area contributed by atoms with Crippen molar-refractivity contribution in [3.63, 3.8) is 0 Å². The predicted molar refractivity (Wildman–Crippen MR) is 132 cm³/mol. The Hall–Kier alpha value is -3.06. The predicted octanol–water partition coefficient (Wildman–Crippen LogP) is 5.33. The first-order chi connectivity index (χ1) is 16.3. The quantitative estimate of drug-likeness (QED) is 0.539. The van der Waals surface area contributed by atoms with Crippen molar-refractivity contribution in [3.8, 4) is 11.5 Å². The van der Waals surface area contributed by atoms with Gasteiger partial charge in [0.15, 0.2) is 5.78 Å². The fourth-order valence-electron chi connectivity index (χ4n) is 4.73. The highest BCUT2D eigenvalue weighted by Gasteiger charge is 2.42. The van der Waals surface area contributed by atoms with Crippen LogP contribution in [0.25, 0.3) is 0 Å². The molecule has 0 amide bonds. The van der Waals surface area contributed by atoms with Gasteiger partial charge in [-0.1, -0.05) is 19.9 Å². The van der Waals surface area contributed by atoms with Gasteiger partial charge in [0, 0.05) is 39.7 Å². The fourth-order valence-corrected chi connectivity index (χ4v) is 5.56. The van der Waals surface area contributed by atoms with Gasteiger partial charge in [-0.25, -0.2) is 4.79 Å². The normalized spacial score (nSPS) is 20.2. The van der Waals surface area contributed by atoms with Gasteiger partial charge in [-0.3, -0.25) is 4.79 Å². The van der Waals surface area contributed by atoms with Gasteiger partial charge in [0.05, 0.1) is 32.3 Å². The van der Waals surface area contributed by atoms with Crippen molar-refractivity contribution in [2.75, 3.05) is 20.8 Å². The molecule has 0 bridgehead atoms. The summed E-state index contributed by atoms with van der Waals surface area (Å²) in [6.45, 7) is 6.16. The molecule has 1 aliphatic carbocycles. The number of rotatable bonds is 7. The molecule has 1 N–H and O–H groups in total. The van der Waals surface area contributed by atoms with E-state index >= 15 is 0 Å². The van der Waals surface area contributed by atoms with E-state index in [9.17, 15) is 9.59 Å². The van der Waals surface area contributed by atoms with Crippen molar-refractivity contribution in [2.45, 2.75) is 45.4 Å². The van der Waals surface area contributed by atoms with Crippen molar-refractivity contribution < 1.29 is 23.8 Å². The Labute approximate surface area is 204 Å². The number of thiophene rings is 1. The number of hydrogen-bond acceptors (Lipinski definition) is 7. The van der Waals surface area contributed by atoms with Crippen molar-refractivity contribution in [2.24, 2.45) is 5.92 Å². The van der Waals surface area contributed by atoms with Crippen LogP contribution in [0.4, 0.5) is 0 Å². The van der Waals surface area contributed by atoms with Gasteiger partial charge < -0.3 is 19.5 Å². The number of methoxy groups -OCH3 is 2. The SMILES string of the molecule is COc1ccc(OC)c([C@@H]2C(C(=O)OCC(C)C)=C(C)NC3=C2C(=O)C[C@H](c2cccs2)C3)c1. The molecule has 0 saturated carbocycles. The fraction of sp³-hybridized carbons (Fsp3) is 0.407. The number of carbonyl (C=O) groups is 2. The highest BCUT2D eigenvalue weighted by molar-refractivity contribution is 7.10. The first-order valence-electron chi connectivity index (χ1n) is 11.5. The molecule has 0 spiro atoms. The Bertz CT molecular complexity index is 1150. The van der Waals surface area contributed by atoms with E-state index in [1.807, 2.05) is 50.4 Å². The summed E-state index contributed by atoms with van der Waals surface area (Å²) in [5, 5.41) is 5.43. The number of esters is 1. The molecule has 6 nitrogen and oxygen atoms in total. The summed E-state index contributed by atoms with van der Waals surface area (Å²) >= 11 is 1.67. The number of allylic oxidation sites excluding steroid dienone is 3. The summed E-state index contributed by atoms with van der Waals surface area (Å²) in [5.74, 6) is 0.547. The number of benzene rings is 1. The Morgan fingerprint density at radius 2 is 1.97 bits per heavy atom. The summed E-state index contributed by atoms with van der Waals surface area (Å²) in [4.78, 5) is 28.2. The second-order valence-corrected chi connectivity index (χ2v) is 10.1. The maximum Gasteiger partial charge on any atom is 0.336 e. The van der Waals surface area contributed by atoms with Crippen LogP contribution in [0.15, 0.2) is 58.3 Å². The Morgan fingerprint density at radius 3 is 2.62 bits per heavy atom. The number of dihydropyridines is 1. The molecule has 2 heterocycles. The zero-order valence-electron chi connectivity index (χ0n) is 20.3. The van der Waals surface area contributed by atoms with Crippen LogP contribution in [0, 0.1) is 5.92 Å². The molecular weight excluding hydrogens is 450 g/mol. The van der Waals surface area contributed by atoms with E-state index in [0.29, 0.717) is 47.8 Å². The smallest absolute Gasteiger partial charge is 0.336 e. The van der Waals surface area contributed by atoms with E-state index in [0.717, 1.165) is 11.3 Å². The number of hydrogen-bond donors (Lipinski definition) is 1. The van der Waals surface area contributed by atoms with Crippen molar-refractivity contribution in [1.29, 1.82) is 0 Å². The van der Waals surface area contributed by atoms with Crippen LogP contribution in [0.1, 0.15) is 55.9 Å². The van der Waals surface area contributed by atoms with Crippen LogP contribution >= 0.6 is 11.3 Å². The number of ketones is 1. The lowest BCUT2D eigenvalue weighted by molar-refractivity contribution is -0.140. The van der Waals surface area contributed by atoms with E-state index in [1.54, 1.807) is 25.6 Å². The number of Topliss-reactive ketones (excluding diaryl/α,β-unsaturated/α-hetero) is 1. The molecule has 7 heteroatoms. The molecule has 2 aromatic rings. The molecule has 2 aliphatic rings. The zero-order valence-corrected chi connectivity index (χ0v) is 21.1. The summed E-state index contributed by atoms with van der Waals surface area (Å²) in [6, 6.07) is 9.56. The molecule has 0 unspecified atom stereocenters. The molecule has 4 rings (SSSR count). The van der Waals surface area contributed by atoms with Gasteiger partial charge in [-0.2, -0.15) is 0 Å². The van der Waals surface area contributed by atoms with Crippen molar-refractivity contribution in [3.05, 3.63) is 68.7 Å². The van der Waals surface area contributed by atoms with Crippen LogP contribution in [0.2, 0.25) is 0 Å². The van der Waals surface area contributed by atoms with E-state index < -0.39 is 11.9 Å². The van der Waals surface area contributed by atoms with E-state index in [4.69, 9.17) is 14.2 Å². The first kappa shape index (κ1) is 24.1. The monoisotopic (exact) mass is 481 g/mol. The van der Waals surface area contributed by atoms with Gasteiger partial charge in [0.2, 0.25) is 0 Å². The highest BCUT2D eigenvalue weighted by atomic mass is 32.1. The van der Waals surface area contributed by atoms with E-state index in [1.165, 1.54) is 4.88 Å². The molecule has 1 aromatic heterocycles. The lowest BCUT2D eigenvalue weighted by Gasteiger charge is -2.37. The third-order valence-electron chi connectivity index (χ3n) is 6.29.